The Kier molecular flexibility index (Phi) is 6.45. The predicted octanol–water partition coefficient (Wildman–Crippen LogP) is 3.30. The zero-order valence-corrected chi connectivity index (χ0v) is 12.6. The molecule has 0 amide bonds. The molecule has 0 aliphatic rings. The minimum absolute atomic E-state index is 0.204. The topological polar surface area (TPSA) is 52.0 Å². The van der Waals surface area contributed by atoms with E-state index in [-0.39, 0.29) is 12.1 Å². The van der Waals surface area contributed by atoms with Gasteiger partial charge < -0.3 is 11.5 Å². The molecular weight excluding hydrogens is 256 g/mol. The fraction of sp³-hybridized carbons (Fsp3) is 0.368. The minimum atomic E-state index is 0.204. The van der Waals surface area contributed by atoms with Crippen LogP contribution >= 0.6 is 0 Å². The monoisotopic (exact) mass is 282 g/mol. The highest BCUT2D eigenvalue weighted by molar-refractivity contribution is 5.16. The third-order valence-electron chi connectivity index (χ3n) is 3.90. The summed E-state index contributed by atoms with van der Waals surface area (Å²) in [4.78, 5) is 0. The molecule has 0 aliphatic heterocycles. The molecule has 0 heterocycles. The average molecular weight is 282 g/mol. The highest BCUT2D eigenvalue weighted by Gasteiger charge is 2.08. The Balaban J connectivity index is 1.65. The van der Waals surface area contributed by atoms with Gasteiger partial charge in [0.05, 0.1) is 0 Å². The maximum atomic E-state index is 6.21. The van der Waals surface area contributed by atoms with Crippen molar-refractivity contribution < 1.29 is 0 Å². The Bertz CT molecular complexity index is 495. The maximum Gasteiger partial charge on any atom is 0.00798 e. The van der Waals surface area contributed by atoms with Gasteiger partial charge in [0.15, 0.2) is 0 Å². The van der Waals surface area contributed by atoms with E-state index in [0.29, 0.717) is 0 Å². The largest absolute Gasteiger partial charge is 0.328 e. The second-order valence-electron chi connectivity index (χ2n) is 5.81. The molecule has 0 radical (unpaired) electrons. The van der Waals surface area contributed by atoms with Crippen molar-refractivity contribution in [2.45, 2.75) is 44.2 Å². The van der Waals surface area contributed by atoms with Crippen LogP contribution in [-0.4, -0.2) is 12.1 Å². The van der Waals surface area contributed by atoms with Crippen molar-refractivity contribution in [2.75, 3.05) is 0 Å². The summed E-state index contributed by atoms with van der Waals surface area (Å²) in [6.45, 7) is 0. The third-order valence-corrected chi connectivity index (χ3v) is 3.90. The molecule has 2 atom stereocenters. The molecule has 0 aromatic heterocycles. The van der Waals surface area contributed by atoms with Gasteiger partial charge in [-0.15, -0.1) is 0 Å². The molecule has 4 N–H and O–H groups in total. The maximum absolute atomic E-state index is 6.21. The van der Waals surface area contributed by atoms with Crippen LogP contribution in [-0.2, 0) is 12.8 Å². The lowest BCUT2D eigenvalue weighted by molar-refractivity contribution is 0.495. The number of hydrogen-bond donors (Lipinski definition) is 2. The second-order valence-corrected chi connectivity index (χ2v) is 5.81. The zero-order chi connectivity index (χ0) is 14.9. The van der Waals surface area contributed by atoms with Crippen LogP contribution in [0.1, 0.15) is 30.4 Å². The summed E-state index contributed by atoms with van der Waals surface area (Å²) in [5.41, 5.74) is 15.1. The van der Waals surface area contributed by atoms with E-state index in [0.717, 1.165) is 32.1 Å². The van der Waals surface area contributed by atoms with Gasteiger partial charge >= 0.3 is 0 Å². The van der Waals surface area contributed by atoms with Crippen LogP contribution in [0, 0.1) is 0 Å². The van der Waals surface area contributed by atoms with Crippen molar-refractivity contribution in [3.63, 3.8) is 0 Å². The summed E-state index contributed by atoms with van der Waals surface area (Å²) in [7, 11) is 0. The number of hydrogen-bond acceptors (Lipinski definition) is 2. The van der Waals surface area contributed by atoms with Crippen LogP contribution in [0.25, 0.3) is 0 Å². The molecule has 0 spiro atoms. The number of benzene rings is 2. The highest BCUT2D eigenvalue weighted by atomic mass is 14.7. The molecule has 0 unspecified atom stereocenters. The molecule has 2 heteroatoms. The van der Waals surface area contributed by atoms with E-state index in [1.165, 1.54) is 11.1 Å². The average Bonchev–Trinajstić information content (AvgIpc) is 2.53. The van der Waals surface area contributed by atoms with Crippen molar-refractivity contribution in [1.29, 1.82) is 0 Å². The van der Waals surface area contributed by atoms with E-state index in [1.54, 1.807) is 0 Å². The standard InChI is InChI=1S/C19H26N2/c20-18(12-11-16-7-3-1-4-8-16)13-14-19(21)15-17-9-5-2-6-10-17/h1-10,18-19H,11-15,20-21H2/t18-,19+/m1/s1. The van der Waals surface area contributed by atoms with Crippen molar-refractivity contribution in [3.8, 4) is 0 Å². The van der Waals surface area contributed by atoms with E-state index in [9.17, 15) is 0 Å². The van der Waals surface area contributed by atoms with Gasteiger partial charge in [0.25, 0.3) is 0 Å². The van der Waals surface area contributed by atoms with Gasteiger partial charge in [0, 0.05) is 12.1 Å². The Hall–Kier alpha value is -1.64. The first-order valence-corrected chi connectivity index (χ1v) is 7.83. The minimum Gasteiger partial charge on any atom is -0.328 e. The lowest BCUT2D eigenvalue weighted by Crippen LogP contribution is -2.28. The first kappa shape index (κ1) is 15.7. The summed E-state index contributed by atoms with van der Waals surface area (Å²) >= 11 is 0. The molecule has 112 valence electrons. The van der Waals surface area contributed by atoms with Crippen molar-refractivity contribution in [3.05, 3.63) is 71.8 Å². The molecule has 0 bridgehead atoms. The van der Waals surface area contributed by atoms with E-state index in [2.05, 4.69) is 48.5 Å². The molecule has 0 saturated carbocycles. The Morgan fingerprint density at radius 3 is 1.76 bits per heavy atom. The van der Waals surface area contributed by atoms with Crippen LogP contribution < -0.4 is 11.5 Å². The lowest BCUT2D eigenvalue weighted by Gasteiger charge is -2.16. The predicted molar refractivity (Wildman–Crippen MR) is 90.1 cm³/mol. The summed E-state index contributed by atoms with van der Waals surface area (Å²) in [5.74, 6) is 0. The summed E-state index contributed by atoms with van der Waals surface area (Å²) in [6, 6.07) is 21.4. The van der Waals surface area contributed by atoms with Gasteiger partial charge in [-0.1, -0.05) is 60.7 Å². The molecule has 0 saturated heterocycles. The third kappa shape index (κ3) is 6.11. The normalized spacial score (nSPS) is 13.8. The van der Waals surface area contributed by atoms with Crippen LogP contribution in [0.5, 0.6) is 0 Å². The Morgan fingerprint density at radius 2 is 1.14 bits per heavy atom. The van der Waals surface area contributed by atoms with Gasteiger partial charge in [-0.3, -0.25) is 0 Å². The molecule has 2 nitrogen and oxygen atoms in total. The molecule has 2 aromatic carbocycles. The smallest absolute Gasteiger partial charge is 0.00798 e. The summed E-state index contributed by atoms with van der Waals surface area (Å²) in [5, 5.41) is 0. The van der Waals surface area contributed by atoms with Crippen molar-refractivity contribution in [2.24, 2.45) is 11.5 Å². The van der Waals surface area contributed by atoms with Gasteiger partial charge in [-0.2, -0.15) is 0 Å². The molecule has 2 aromatic rings. The fourth-order valence-corrected chi connectivity index (χ4v) is 2.59. The number of rotatable bonds is 8. The summed E-state index contributed by atoms with van der Waals surface area (Å²) in [6.07, 6.45) is 5.01. The zero-order valence-electron chi connectivity index (χ0n) is 12.6. The van der Waals surface area contributed by atoms with Crippen LogP contribution in [0.4, 0.5) is 0 Å². The number of aryl methyl sites for hydroxylation is 1. The van der Waals surface area contributed by atoms with E-state index in [1.807, 2.05) is 12.1 Å². The second kappa shape index (κ2) is 8.60. The highest BCUT2D eigenvalue weighted by Crippen LogP contribution is 2.10. The van der Waals surface area contributed by atoms with E-state index in [4.69, 9.17) is 11.5 Å². The number of nitrogens with two attached hydrogens (primary N) is 2. The molecule has 0 fully saturated rings. The van der Waals surface area contributed by atoms with Gasteiger partial charge in [-0.05, 0) is 43.2 Å². The van der Waals surface area contributed by atoms with E-state index >= 15 is 0 Å². The Morgan fingerprint density at radius 1 is 0.619 bits per heavy atom. The van der Waals surface area contributed by atoms with Crippen molar-refractivity contribution in [1.82, 2.24) is 0 Å². The molecule has 21 heavy (non-hydrogen) atoms. The summed E-state index contributed by atoms with van der Waals surface area (Å²) < 4.78 is 0. The fourth-order valence-electron chi connectivity index (χ4n) is 2.59. The van der Waals surface area contributed by atoms with Gasteiger partial charge in [-0.25, -0.2) is 0 Å². The first-order valence-electron chi connectivity index (χ1n) is 7.83. The molecular formula is C19H26N2. The Labute approximate surface area is 128 Å². The molecule has 2 rings (SSSR count). The van der Waals surface area contributed by atoms with Gasteiger partial charge in [0.1, 0.15) is 0 Å². The van der Waals surface area contributed by atoms with E-state index < -0.39 is 0 Å². The SMILES string of the molecule is N[C@H](CCc1ccccc1)CC[C@H](N)Cc1ccccc1. The quantitative estimate of drug-likeness (QED) is 0.780. The lowest BCUT2D eigenvalue weighted by atomic mass is 9.97. The van der Waals surface area contributed by atoms with Crippen LogP contribution in [0.15, 0.2) is 60.7 Å². The van der Waals surface area contributed by atoms with Crippen molar-refractivity contribution >= 4 is 0 Å². The van der Waals surface area contributed by atoms with Gasteiger partial charge in [0.2, 0.25) is 0 Å². The first-order chi connectivity index (χ1) is 10.2. The van der Waals surface area contributed by atoms with Crippen LogP contribution in [0.3, 0.4) is 0 Å². The van der Waals surface area contributed by atoms with Crippen LogP contribution in [0.2, 0.25) is 0 Å². The molecule has 0 aliphatic carbocycles.